The van der Waals surface area contributed by atoms with Crippen molar-refractivity contribution in [2.24, 2.45) is 0 Å². The highest BCUT2D eigenvalue weighted by Gasteiger charge is 2.09. The summed E-state index contributed by atoms with van der Waals surface area (Å²) in [7, 11) is 0. The molecule has 0 bridgehead atoms. The van der Waals surface area contributed by atoms with Crippen molar-refractivity contribution in [1.29, 1.82) is 0 Å². The van der Waals surface area contributed by atoms with Gasteiger partial charge in [0, 0.05) is 5.56 Å². The van der Waals surface area contributed by atoms with Gasteiger partial charge in [0.25, 0.3) is 0 Å². The van der Waals surface area contributed by atoms with E-state index in [-0.39, 0.29) is 11.4 Å². The molecule has 0 radical (unpaired) electrons. The summed E-state index contributed by atoms with van der Waals surface area (Å²) in [5.41, 5.74) is 0.741. The first kappa shape index (κ1) is 10.9. The van der Waals surface area contributed by atoms with E-state index in [0.717, 1.165) is 6.20 Å². The Morgan fingerprint density at radius 2 is 2.19 bits per heavy atom. The van der Waals surface area contributed by atoms with Gasteiger partial charge in [0.05, 0.1) is 6.20 Å². The fourth-order valence-corrected chi connectivity index (χ4v) is 1.65. The van der Waals surface area contributed by atoms with E-state index >= 15 is 0 Å². The third-order valence-electron chi connectivity index (χ3n) is 2.02. The van der Waals surface area contributed by atoms with E-state index in [4.69, 9.17) is 0 Å². The molecule has 0 atom stereocenters. The average Bonchev–Trinajstić information content (AvgIpc) is 2.30. The van der Waals surface area contributed by atoms with Gasteiger partial charge >= 0.3 is 0 Å². The molecule has 82 valence electrons. The van der Waals surface area contributed by atoms with Crippen LogP contribution >= 0.6 is 11.8 Å². The van der Waals surface area contributed by atoms with Crippen LogP contribution in [0.1, 0.15) is 0 Å². The Hall–Kier alpha value is -1.62. The van der Waals surface area contributed by atoms with Crippen molar-refractivity contribution in [3.63, 3.8) is 0 Å². The minimum atomic E-state index is -0.497. The largest absolute Gasteiger partial charge is 0.508 e. The summed E-state index contributed by atoms with van der Waals surface area (Å²) in [4.78, 5) is 7.89. The summed E-state index contributed by atoms with van der Waals surface area (Å²) in [6, 6.07) is 6.33. The zero-order valence-corrected chi connectivity index (χ0v) is 9.33. The number of nitrogens with zero attached hydrogens (tertiary/aromatic N) is 2. The summed E-state index contributed by atoms with van der Waals surface area (Å²) in [5, 5.41) is 9.82. The normalized spacial score (nSPS) is 10.4. The zero-order chi connectivity index (χ0) is 11.5. The number of thioether (sulfide) groups is 1. The van der Waals surface area contributed by atoms with E-state index in [9.17, 15) is 9.50 Å². The van der Waals surface area contributed by atoms with Crippen molar-refractivity contribution in [2.45, 2.75) is 5.16 Å². The minimum absolute atomic E-state index is 0.0845. The number of rotatable bonds is 2. The van der Waals surface area contributed by atoms with Crippen molar-refractivity contribution in [3.8, 4) is 17.0 Å². The second-order valence-electron chi connectivity index (χ2n) is 3.10. The van der Waals surface area contributed by atoms with E-state index in [1.54, 1.807) is 12.1 Å². The first-order valence-corrected chi connectivity index (χ1v) is 5.79. The topological polar surface area (TPSA) is 46.0 Å². The highest BCUT2D eigenvalue weighted by molar-refractivity contribution is 7.98. The lowest BCUT2D eigenvalue weighted by molar-refractivity contribution is 0.475. The molecule has 5 heteroatoms. The van der Waals surface area contributed by atoms with Gasteiger partial charge in [-0.1, -0.05) is 23.9 Å². The van der Waals surface area contributed by atoms with Crippen LogP contribution in [0.4, 0.5) is 4.39 Å². The number of hydrogen-bond donors (Lipinski definition) is 1. The van der Waals surface area contributed by atoms with Crippen LogP contribution in [0.15, 0.2) is 35.6 Å². The lowest BCUT2D eigenvalue weighted by Gasteiger charge is -2.04. The number of aromatic nitrogens is 2. The molecular formula is C11H9FN2OS. The van der Waals surface area contributed by atoms with Gasteiger partial charge < -0.3 is 5.11 Å². The van der Waals surface area contributed by atoms with Gasteiger partial charge in [-0.25, -0.2) is 14.4 Å². The van der Waals surface area contributed by atoms with E-state index in [1.165, 1.54) is 23.9 Å². The quantitative estimate of drug-likeness (QED) is 0.643. The van der Waals surface area contributed by atoms with Crippen molar-refractivity contribution in [1.82, 2.24) is 9.97 Å². The average molecular weight is 236 g/mol. The van der Waals surface area contributed by atoms with Gasteiger partial charge in [-0.3, -0.25) is 0 Å². The van der Waals surface area contributed by atoms with Crippen LogP contribution in [-0.2, 0) is 0 Å². The molecule has 1 aromatic carbocycles. The molecular weight excluding hydrogens is 227 g/mol. The van der Waals surface area contributed by atoms with Crippen LogP contribution in [0, 0.1) is 5.82 Å². The van der Waals surface area contributed by atoms with E-state index in [1.807, 2.05) is 6.26 Å². The maximum Gasteiger partial charge on any atom is 0.187 e. The molecule has 0 amide bonds. The maximum atomic E-state index is 13.5. The Labute approximate surface area is 96.4 Å². The number of halogens is 1. The molecule has 0 aliphatic carbocycles. The van der Waals surface area contributed by atoms with Gasteiger partial charge in [0.1, 0.15) is 11.4 Å². The van der Waals surface area contributed by atoms with Crippen LogP contribution in [0.2, 0.25) is 0 Å². The van der Waals surface area contributed by atoms with Crippen LogP contribution in [-0.4, -0.2) is 21.3 Å². The van der Waals surface area contributed by atoms with Crippen LogP contribution < -0.4 is 0 Å². The summed E-state index contributed by atoms with van der Waals surface area (Å²) < 4.78 is 13.5. The Balaban J connectivity index is 2.54. The Morgan fingerprint density at radius 1 is 1.38 bits per heavy atom. The Bertz CT molecular complexity index is 519. The van der Waals surface area contributed by atoms with Gasteiger partial charge in [-0.2, -0.15) is 0 Å². The molecule has 1 N–H and O–H groups in total. The SMILES string of the molecule is CSc1ncc(F)c(-c2cccc(O)c2)n1. The molecule has 2 aromatic rings. The van der Waals surface area contributed by atoms with Gasteiger partial charge in [-0.05, 0) is 18.4 Å². The Kier molecular flexibility index (Phi) is 3.05. The minimum Gasteiger partial charge on any atom is -0.508 e. The second kappa shape index (κ2) is 4.49. The summed E-state index contributed by atoms with van der Waals surface area (Å²) in [6.45, 7) is 0. The molecule has 16 heavy (non-hydrogen) atoms. The molecule has 0 fully saturated rings. The first-order valence-electron chi connectivity index (χ1n) is 4.56. The van der Waals surface area contributed by atoms with Crippen LogP contribution in [0.5, 0.6) is 5.75 Å². The monoisotopic (exact) mass is 236 g/mol. The van der Waals surface area contributed by atoms with Gasteiger partial charge in [0.2, 0.25) is 0 Å². The van der Waals surface area contributed by atoms with Crippen molar-refractivity contribution in [2.75, 3.05) is 6.26 Å². The number of phenolic OH excluding ortho intramolecular Hbond substituents is 1. The number of phenols is 1. The fraction of sp³-hybridized carbons (Fsp3) is 0.0909. The van der Waals surface area contributed by atoms with Crippen LogP contribution in [0.25, 0.3) is 11.3 Å². The second-order valence-corrected chi connectivity index (χ2v) is 3.88. The molecule has 0 aliphatic heterocycles. The molecule has 0 aliphatic rings. The summed E-state index contributed by atoms with van der Waals surface area (Å²) >= 11 is 1.34. The number of benzene rings is 1. The predicted octanol–water partition coefficient (Wildman–Crippen LogP) is 2.71. The predicted molar refractivity (Wildman–Crippen MR) is 60.9 cm³/mol. The molecule has 0 saturated heterocycles. The third kappa shape index (κ3) is 2.14. The molecule has 0 spiro atoms. The zero-order valence-electron chi connectivity index (χ0n) is 8.51. The Morgan fingerprint density at radius 3 is 2.88 bits per heavy atom. The number of hydrogen-bond acceptors (Lipinski definition) is 4. The highest BCUT2D eigenvalue weighted by atomic mass is 32.2. The molecule has 3 nitrogen and oxygen atoms in total. The standard InChI is InChI=1S/C11H9FN2OS/c1-16-11-13-6-9(12)10(14-11)7-3-2-4-8(15)5-7/h2-6,15H,1H3. The number of aromatic hydroxyl groups is 1. The maximum absolute atomic E-state index is 13.5. The molecule has 1 aromatic heterocycles. The fourth-order valence-electron chi connectivity index (χ4n) is 1.30. The molecule has 2 rings (SSSR count). The highest BCUT2D eigenvalue weighted by Crippen LogP contribution is 2.24. The van der Waals surface area contributed by atoms with E-state index in [0.29, 0.717) is 10.7 Å². The smallest absolute Gasteiger partial charge is 0.187 e. The van der Waals surface area contributed by atoms with Crippen LogP contribution in [0.3, 0.4) is 0 Å². The first-order chi connectivity index (χ1) is 7.70. The summed E-state index contributed by atoms with van der Waals surface area (Å²) in [5.74, 6) is -0.412. The van der Waals surface area contributed by atoms with Crippen molar-refractivity contribution in [3.05, 3.63) is 36.3 Å². The molecule has 0 saturated carbocycles. The van der Waals surface area contributed by atoms with Gasteiger partial charge in [-0.15, -0.1) is 0 Å². The van der Waals surface area contributed by atoms with Crippen molar-refractivity contribution < 1.29 is 9.50 Å². The lowest BCUT2D eigenvalue weighted by Crippen LogP contribution is -1.94. The van der Waals surface area contributed by atoms with Gasteiger partial charge in [0.15, 0.2) is 11.0 Å². The lowest BCUT2D eigenvalue weighted by atomic mass is 10.1. The summed E-state index contributed by atoms with van der Waals surface area (Å²) in [6.07, 6.45) is 2.96. The molecule has 0 unspecified atom stereocenters. The third-order valence-corrected chi connectivity index (χ3v) is 2.59. The van der Waals surface area contributed by atoms with E-state index < -0.39 is 5.82 Å². The molecule has 1 heterocycles. The van der Waals surface area contributed by atoms with Crippen molar-refractivity contribution >= 4 is 11.8 Å². The van der Waals surface area contributed by atoms with E-state index in [2.05, 4.69) is 9.97 Å².